The molecule has 0 radical (unpaired) electrons. The lowest BCUT2D eigenvalue weighted by atomic mass is 10.2. The molecule has 2 aromatic rings. The topological polar surface area (TPSA) is 48.3 Å². The molecule has 0 saturated carbocycles. The van der Waals surface area contributed by atoms with Crippen molar-refractivity contribution in [1.82, 2.24) is 4.57 Å². The second kappa shape index (κ2) is 5.49. The Balaban J connectivity index is 2.23. The van der Waals surface area contributed by atoms with Crippen LogP contribution >= 0.6 is 0 Å². The van der Waals surface area contributed by atoms with Gasteiger partial charge in [0.15, 0.2) is 0 Å². The Morgan fingerprint density at radius 1 is 1.39 bits per heavy atom. The van der Waals surface area contributed by atoms with Gasteiger partial charge in [-0.1, -0.05) is 13.3 Å². The number of hydrogen-bond donors (Lipinski definition) is 0. The van der Waals surface area contributed by atoms with Crippen LogP contribution in [0.2, 0.25) is 0 Å². The molecule has 0 saturated heterocycles. The lowest BCUT2D eigenvalue weighted by Gasteiger charge is -2.05. The Kier molecular flexibility index (Phi) is 3.77. The number of fused-ring (bicyclic) bond motifs is 1. The molecule has 0 aliphatic heterocycles. The largest absolute Gasteiger partial charge is 0.449 e. The van der Waals surface area contributed by atoms with E-state index in [-0.39, 0.29) is 6.09 Å². The van der Waals surface area contributed by atoms with Gasteiger partial charge in [0.2, 0.25) is 0 Å². The van der Waals surface area contributed by atoms with Gasteiger partial charge in [-0.15, -0.1) is 0 Å². The van der Waals surface area contributed by atoms with E-state index in [0.717, 1.165) is 30.0 Å². The third-order valence-electron chi connectivity index (χ3n) is 2.77. The molecule has 1 heterocycles. The Labute approximate surface area is 105 Å². The molecular weight excluding hydrogens is 230 g/mol. The standard InChI is InChI=1S/C14H15NO3/c1-2-3-8-18-14(17)15-7-6-12-9-11(10-16)4-5-13(12)15/h4-7,9-10H,2-3,8H2,1H3. The number of aldehydes is 1. The minimum atomic E-state index is -0.377. The lowest BCUT2D eigenvalue weighted by Crippen LogP contribution is -2.13. The molecule has 0 aliphatic carbocycles. The predicted octanol–water partition coefficient (Wildman–Crippen LogP) is 3.24. The number of rotatable bonds is 4. The van der Waals surface area contributed by atoms with Crippen molar-refractivity contribution in [2.75, 3.05) is 6.61 Å². The summed E-state index contributed by atoms with van der Waals surface area (Å²) in [6.45, 7) is 2.47. The molecule has 0 bridgehead atoms. The summed E-state index contributed by atoms with van der Waals surface area (Å²) in [6, 6.07) is 6.98. The number of nitrogens with zero attached hydrogens (tertiary/aromatic N) is 1. The van der Waals surface area contributed by atoms with Gasteiger partial charge in [0.1, 0.15) is 6.29 Å². The van der Waals surface area contributed by atoms with Gasteiger partial charge in [0.05, 0.1) is 12.1 Å². The number of carbonyl (C=O) groups is 2. The molecule has 1 aromatic heterocycles. The number of unbranched alkanes of at least 4 members (excludes halogenated alkanes) is 1. The van der Waals surface area contributed by atoms with Gasteiger partial charge >= 0.3 is 6.09 Å². The molecule has 2 rings (SSSR count). The van der Waals surface area contributed by atoms with E-state index in [0.29, 0.717) is 12.2 Å². The second-order valence-corrected chi connectivity index (χ2v) is 4.09. The number of ether oxygens (including phenoxy) is 1. The molecule has 0 fully saturated rings. The van der Waals surface area contributed by atoms with Gasteiger partial charge in [0, 0.05) is 17.1 Å². The number of aromatic nitrogens is 1. The van der Waals surface area contributed by atoms with Crippen molar-refractivity contribution in [2.24, 2.45) is 0 Å². The summed E-state index contributed by atoms with van der Waals surface area (Å²) >= 11 is 0. The SMILES string of the molecule is CCCCOC(=O)n1ccc2cc(C=O)ccc21. The van der Waals surface area contributed by atoms with Crippen LogP contribution in [0, 0.1) is 0 Å². The highest BCUT2D eigenvalue weighted by atomic mass is 16.5. The van der Waals surface area contributed by atoms with Crippen molar-refractivity contribution < 1.29 is 14.3 Å². The van der Waals surface area contributed by atoms with Crippen LogP contribution in [0.25, 0.3) is 10.9 Å². The summed E-state index contributed by atoms with van der Waals surface area (Å²) < 4.78 is 6.60. The fourth-order valence-corrected chi connectivity index (χ4v) is 1.77. The monoisotopic (exact) mass is 245 g/mol. The predicted molar refractivity (Wildman–Crippen MR) is 69.0 cm³/mol. The Morgan fingerprint density at radius 3 is 2.94 bits per heavy atom. The highest BCUT2D eigenvalue weighted by Gasteiger charge is 2.09. The number of hydrogen-bond acceptors (Lipinski definition) is 3. The first kappa shape index (κ1) is 12.4. The fourth-order valence-electron chi connectivity index (χ4n) is 1.77. The van der Waals surface area contributed by atoms with Gasteiger partial charge in [-0.25, -0.2) is 4.79 Å². The maximum atomic E-state index is 11.8. The summed E-state index contributed by atoms with van der Waals surface area (Å²) in [4.78, 5) is 22.5. The molecule has 4 nitrogen and oxygen atoms in total. The van der Waals surface area contributed by atoms with E-state index >= 15 is 0 Å². The van der Waals surface area contributed by atoms with Gasteiger partial charge in [-0.3, -0.25) is 9.36 Å². The van der Waals surface area contributed by atoms with Crippen LogP contribution < -0.4 is 0 Å². The van der Waals surface area contributed by atoms with Crippen LogP contribution in [-0.4, -0.2) is 23.6 Å². The molecule has 0 aliphatic rings. The van der Waals surface area contributed by atoms with Crippen LogP contribution in [0.4, 0.5) is 4.79 Å². The first-order valence-corrected chi connectivity index (χ1v) is 5.99. The second-order valence-electron chi connectivity index (χ2n) is 4.09. The Morgan fingerprint density at radius 2 is 2.22 bits per heavy atom. The van der Waals surface area contributed by atoms with Crippen molar-refractivity contribution in [3.05, 3.63) is 36.0 Å². The van der Waals surface area contributed by atoms with Crippen molar-refractivity contribution in [2.45, 2.75) is 19.8 Å². The van der Waals surface area contributed by atoms with Gasteiger partial charge < -0.3 is 4.74 Å². The molecule has 1 aromatic carbocycles. The van der Waals surface area contributed by atoms with Crippen molar-refractivity contribution in [3.8, 4) is 0 Å². The van der Waals surface area contributed by atoms with Crippen LogP contribution in [0.15, 0.2) is 30.5 Å². The summed E-state index contributed by atoms with van der Waals surface area (Å²) in [5, 5.41) is 0.854. The summed E-state index contributed by atoms with van der Waals surface area (Å²) in [5.41, 5.74) is 1.35. The molecular formula is C14H15NO3. The molecule has 0 atom stereocenters. The normalized spacial score (nSPS) is 10.5. The summed E-state index contributed by atoms with van der Waals surface area (Å²) in [7, 11) is 0. The zero-order chi connectivity index (χ0) is 13.0. The van der Waals surface area contributed by atoms with E-state index in [9.17, 15) is 9.59 Å². The smallest absolute Gasteiger partial charge is 0.418 e. The minimum Gasteiger partial charge on any atom is -0.449 e. The maximum Gasteiger partial charge on any atom is 0.418 e. The molecule has 0 amide bonds. The molecule has 0 N–H and O–H groups in total. The van der Waals surface area contributed by atoms with E-state index in [2.05, 4.69) is 0 Å². The lowest BCUT2D eigenvalue weighted by molar-refractivity contribution is 0.112. The van der Waals surface area contributed by atoms with E-state index in [1.165, 1.54) is 4.57 Å². The van der Waals surface area contributed by atoms with Crippen LogP contribution in [-0.2, 0) is 4.74 Å². The number of carbonyl (C=O) groups excluding carboxylic acids is 2. The van der Waals surface area contributed by atoms with E-state index in [4.69, 9.17) is 4.74 Å². The summed E-state index contributed by atoms with van der Waals surface area (Å²) in [6.07, 6.45) is 3.92. The fraction of sp³-hybridized carbons (Fsp3) is 0.286. The van der Waals surface area contributed by atoms with Gasteiger partial charge in [-0.2, -0.15) is 0 Å². The quantitative estimate of drug-likeness (QED) is 0.613. The van der Waals surface area contributed by atoms with Gasteiger partial charge in [-0.05, 0) is 30.7 Å². The third kappa shape index (κ3) is 2.42. The molecule has 18 heavy (non-hydrogen) atoms. The highest BCUT2D eigenvalue weighted by Crippen LogP contribution is 2.17. The van der Waals surface area contributed by atoms with E-state index in [1.807, 2.05) is 6.92 Å². The zero-order valence-electron chi connectivity index (χ0n) is 10.3. The van der Waals surface area contributed by atoms with Crippen LogP contribution in [0.3, 0.4) is 0 Å². The molecule has 4 heteroatoms. The maximum absolute atomic E-state index is 11.8. The zero-order valence-corrected chi connectivity index (χ0v) is 10.3. The first-order chi connectivity index (χ1) is 8.76. The average molecular weight is 245 g/mol. The van der Waals surface area contributed by atoms with Crippen molar-refractivity contribution in [1.29, 1.82) is 0 Å². The Hall–Kier alpha value is -2.10. The third-order valence-corrected chi connectivity index (χ3v) is 2.77. The Bertz CT molecular complexity index is 571. The van der Waals surface area contributed by atoms with Gasteiger partial charge in [0.25, 0.3) is 0 Å². The van der Waals surface area contributed by atoms with Crippen molar-refractivity contribution >= 4 is 23.3 Å². The van der Waals surface area contributed by atoms with E-state index in [1.54, 1.807) is 30.5 Å². The molecule has 0 spiro atoms. The first-order valence-electron chi connectivity index (χ1n) is 5.99. The van der Waals surface area contributed by atoms with Crippen LogP contribution in [0.5, 0.6) is 0 Å². The average Bonchev–Trinajstić information content (AvgIpc) is 2.81. The minimum absolute atomic E-state index is 0.377. The van der Waals surface area contributed by atoms with Crippen LogP contribution in [0.1, 0.15) is 30.1 Å². The highest BCUT2D eigenvalue weighted by molar-refractivity contribution is 5.92. The summed E-state index contributed by atoms with van der Waals surface area (Å²) in [5.74, 6) is 0. The molecule has 94 valence electrons. The number of benzene rings is 1. The molecule has 0 unspecified atom stereocenters. The van der Waals surface area contributed by atoms with Crippen molar-refractivity contribution in [3.63, 3.8) is 0 Å². The van der Waals surface area contributed by atoms with E-state index < -0.39 is 0 Å².